The largest absolute Gasteiger partial charge is 0.375 e. The van der Waals surface area contributed by atoms with Gasteiger partial charge in [-0.2, -0.15) is 0 Å². The van der Waals surface area contributed by atoms with E-state index in [0.29, 0.717) is 5.41 Å². The van der Waals surface area contributed by atoms with Crippen LogP contribution < -0.4 is 0 Å². The molecule has 4 nitrogen and oxygen atoms in total. The van der Waals surface area contributed by atoms with Crippen LogP contribution in [0.4, 0.5) is 0 Å². The fraction of sp³-hybridized carbons (Fsp3) is 0.929. The monoisotopic (exact) mass is 256 g/mol. The summed E-state index contributed by atoms with van der Waals surface area (Å²) in [6.45, 7) is 11.9. The summed E-state index contributed by atoms with van der Waals surface area (Å²) in [5, 5.41) is 0. The maximum absolute atomic E-state index is 11.6. The minimum Gasteiger partial charge on any atom is -0.375 e. The Labute approximate surface area is 111 Å². The van der Waals surface area contributed by atoms with E-state index < -0.39 is 0 Å². The summed E-state index contributed by atoms with van der Waals surface area (Å²) in [4.78, 5) is 16.0. The van der Waals surface area contributed by atoms with Crippen LogP contribution in [0.3, 0.4) is 0 Å². The highest BCUT2D eigenvalue weighted by atomic mass is 16.5. The molecule has 0 aromatic carbocycles. The third-order valence-electron chi connectivity index (χ3n) is 3.39. The lowest BCUT2D eigenvalue weighted by Gasteiger charge is -2.35. The van der Waals surface area contributed by atoms with E-state index in [-0.39, 0.29) is 12.5 Å². The van der Waals surface area contributed by atoms with Crippen LogP contribution in [0.25, 0.3) is 0 Å². The van der Waals surface area contributed by atoms with E-state index in [4.69, 9.17) is 4.74 Å². The van der Waals surface area contributed by atoms with Crippen molar-refractivity contribution in [2.45, 2.75) is 33.6 Å². The second-order valence-electron chi connectivity index (χ2n) is 6.32. The Balaban J connectivity index is 2.17. The number of ether oxygens (including phenoxy) is 1. The van der Waals surface area contributed by atoms with Gasteiger partial charge in [0.05, 0.1) is 0 Å². The van der Waals surface area contributed by atoms with Crippen molar-refractivity contribution in [3.63, 3.8) is 0 Å². The van der Waals surface area contributed by atoms with Crippen LogP contribution in [-0.4, -0.2) is 62.1 Å². The van der Waals surface area contributed by atoms with Gasteiger partial charge in [-0.1, -0.05) is 20.8 Å². The molecule has 1 aliphatic heterocycles. The van der Waals surface area contributed by atoms with Gasteiger partial charge >= 0.3 is 0 Å². The van der Waals surface area contributed by atoms with Crippen molar-refractivity contribution in [2.24, 2.45) is 5.41 Å². The van der Waals surface area contributed by atoms with Crippen LogP contribution in [0.2, 0.25) is 0 Å². The van der Waals surface area contributed by atoms with E-state index >= 15 is 0 Å². The summed E-state index contributed by atoms with van der Waals surface area (Å²) in [7, 11) is 1.57. The second kappa shape index (κ2) is 7.10. The maximum atomic E-state index is 11.6. The van der Waals surface area contributed by atoms with E-state index in [1.807, 2.05) is 4.90 Å². The van der Waals surface area contributed by atoms with Gasteiger partial charge in [-0.15, -0.1) is 0 Å². The number of hydrogen-bond acceptors (Lipinski definition) is 3. The van der Waals surface area contributed by atoms with Gasteiger partial charge in [0.1, 0.15) is 6.61 Å². The van der Waals surface area contributed by atoms with Crippen molar-refractivity contribution in [2.75, 3.05) is 46.4 Å². The van der Waals surface area contributed by atoms with Gasteiger partial charge in [-0.3, -0.25) is 9.69 Å². The smallest absolute Gasteiger partial charge is 0.248 e. The molecule has 0 atom stereocenters. The van der Waals surface area contributed by atoms with E-state index in [1.54, 1.807) is 7.11 Å². The molecule has 4 heteroatoms. The zero-order chi connectivity index (χ0) is 13.6. The molecular weight excluding hydrogens is 228 g/mol. The van der Waals surface area contributed by atoms with Crippen LogP contribution in [0.5, 0.6) is 0 Å². The van der Waals surface area contributed by atoms with E-state index in [9.17, 15) is 4.79 Å². The quantitative estimate of drug-likeness (QED) is 0.749. The van der Waals surface area contributed by atoms with Crippen molar-refractivity contribution >= 4 is 5.91 Å². The Morgan fingerprint density at radius 1 is 1.17 bits per heavy atom. The number of nitrogens with zero attached hydrogens (tertiary/aromatic N) is 2. The number of carbonyl (C=O) groups excluding carboxylic acids is 1. The van der Waals surface area contributed by atoms with E-state index in [1.165, 1.54) is 12.8 Å². The number of hydrogen-bond donors (Lipinski definition) is 0. The van der Waals surface area contributed by atoms with Crippen molar-refractivity contribution in [3.8, 4) is 0 Å². The lowest BCUT2D eigenvalue weighted by atomic mass is 9.90. The molecule has 0 bridgehead atoms. The molecule has 0 aromatic rings. The highest BCUT2D eigenvalue weighted by molar-refractivity contribution is 5.77. The zero-order valence-electron chi connectivity index (χ0n) is 12.4. The molecule has 18 heavy (non-hydrogen) atoms. The molecule has 1 saturated heterocycles. The molecule has 1 heterocycles. The topological polar surface area (TPSA) is 32.8 Å². The Kier molecular flexibility index (Phi) is 6.09. The minimum atomic E-state index is 0.117. The first-order valence-corrected chi connectivity index (χ1v) is 6.91. The molecule has 0 unspecified atom stereocenters. The number of methoxy groups -OCH3 is 1. The molecule has 1 fully saturated rings. The molecule has 106 valence electrons. The van der Waals surface area contributed by atoms with E-state index in [2.05, 4.69) is 25.7 Å². The Hall–Kier alpha value is -0.610. The fourth-order valence-corrected chi connectivity index (χ4v) is 2.27. The third-order valence-corrected chi connectivity index (χ3v) is 3.39. The van der Waals surface area contributed by atoms with Gasteiger partial charge in [0.25, 0.3) is 0 Å². The van der Waals surface area contributed by atoms with Crippen molar-refractivity contribution in [3.05, 3.63) is 0 Å². The van der Waals surface area contributed by atoms with Gasteiger partial charge in [0.15, 0.2) is 0 Å². The minimum absolute atomic E-state index is 0.117. The summed E-state index contributed by atoms with van der Waals surface area (Å²) < 4.78 is 4.88. The van der Waals surface area contributed by atoms with Crippen molar-refractivity contribution in [1.29, 1.82) is 0 Å². The Morgan fingerprint density at radius 2 is 1.78 bits per heavy atom. The lowest BCUT2D eigenvalue weighted by molar-refractivity contribution is -0.136. The zero-order valence-corrected chi connectivity index (χ0v) is 12.4. The van der Waals surface area contributed by atoms with Crippen LogP contribution in [0.1, 0.15) is 33.6 Å². The molecule has 0 saturated carbocycles. The van der Waals surface area contributed by atoms with Gasteiger partial charge in [0, 0.05) is 33.3 Å². The Bertz CT molecular complexity index is 253. The normalized spacial score (nSPS) is 18.1. The third kappa shape index (κ3) is 5.83. The van der Waals surface area contributed by atoms with Crippen LogP contribution >= 0.6 is 0 Å². The van der Waals surface area contributed by atoms with Crippen LogP contribution in [-0.2, 0) is 9.53 Å². The van der Waals surface area contributed by atoms with E-state index in [0.717, 1.165) is 32.7 Å². The Morgan fingerprint density at radius 3 is 2.28 bits per heavy atom. The molecule has 0 N–H and O–H groups in total. The summed E-state index contributed by atoms with van der Waals surface area (Å²) in [5.74, 6) is 0.117. The lowest BCUT2D eigenvalue weighted by Crippen LogP contribution is -2.49. The van der Waals surface area contributed by atoms with Gasteiger partial charge < -0.3 is 9.64 Å². The second-order valence-corrected chi connectivity index (χ2v) is 6.32. The average Bonchev–Trinajstić information content (AvgIpc) is 2.28. The number of rotatable bonds is 5. The van der Waals surface area contributed by atoms with Gasteiger partial charge in [-0.25, -0.2) is 0 Å². The number of amides is 1. The standard InChI is InChI=1S/C14H28N2O2/c1-14(2,3)6-5-7-15-8-10-16(11-9-15)13(17)12-18-4/h5-12H2,1-4H3. The maximum Gasteiger partial charge on any atom is 0.248 e. The summed E-state index contributed by atoms with van der Waals surface area (Å²) in [5.41, 5.74) is 0.427. The first kappa shape index (κ1) is 15.4. The van der Waals surface area contributed by atoms with Gasteiger partial charge in [0.2, 0.25) is 5.91 Å². The number of piperazine rings is 1. The average molecular weight is 256 g/mol. The molecule has 0 aromatic heterocycles. The summed E-state index contributed by atoms with van der Waals surface area (Å²) in [6, 6.07) is 0. The predicted molar refractivity (Wildman–Crippen MR) is 73.6 cm³/mol. The SMILES string of the molecule is COCC(=O)N1CCN(CCCC(C)(C)C)CC1. The number of carbonyl (C=O) groups is 1. The fourth-order valence-electron chi connectivity index (χ4n) is 2.27. The van der Waals surface area contributed by atoms with Crippen molar-refractivity contribution < 1.29 is 9.53 Å². The van der Waals surface area contributed by atoms with Crippen molar-refractivity contribution in [1.82, 2.24) is 9.80 Å². The highest BCUT2D eigenvalue weighted by Crippen LogP contribution is 2.20. The molecule has 1 amide bonds. The van der Waals surface area contributed by atoms with Gasteiger partial charge in [-0.05, 0) is 24.8 Å². The predicted octanol–water partition coefficient (Wildman–Crippen LogP) is 1.60. The molecule has 0 radical (unpaired) electrons. The molecular formula is C14H28N2O2. The molecule has 1 aliphatic rings. The first-order chi connectivity index (χ1) is 8.42. The summed E-state index contributed by atoms with van der Waals surface area (Å²) >= 11 is 0. The molecule has 0 spiro atoms. The molecule has 1 rings (SSSR count). The van der Waals surface area contributed by atoms with Crippen LogP contribution in [0, 0.1) is 5.41 Å². The highest BCUT2D eigenvalue weighted by Gasteiger charge is 2.20. The van der Waals surface area contributed by atoms with Crippen LogP contribution in [0.15, 0.2) is 0 Å². The molecule has 0 aliphatic carbocycles. The summed E-state index contributed by atoms with van der Waals surface area (Å²) in [6.07, 6.45) is 2.51. The first-order valence-electron chi connectivity index (χ1n) is 6.91.